The fourth-order valence-corrected chi connectivity index (χ4v) is 2.95. The molecule has 0 saturated heterocycles. The third-order valence-corrected chi connectivity index (χ3v) is 4.29. The van der Waals surface area contributed by atoms with E-state index >= 15 is 0 Å². The fourth-order valence-electron chi connectivity index (χ4n) is 2.95. The molecule has 0 amide bonds. The summed E-state index contributed by atoms with van der Waals surface area (Å²) in [6.45, 7) is 4.98. The standard InChI is InChI=1S/C16H22N2O/c1-12-13(2)18-10-6-9-15(16(18)17-12)19-11-14-7-4-3-5-8-14/h6,9-10,14H,3-5,7-8,11H2,1-2H3. The van der Waals surface area contributed by atoms with Crippen molar-refractivity contribution in [2.45, 2.75) is 46.0 Å². The van der Waals surface area contributed by atoms with Gasteiger partial charge < -0.3 is 9.14 Å². The zero-order valence-electron chi connectivity index (χ0n) is 11.9. The number of pyridine rings is 1. The Kier molecular flexibility index (Phi) is 3.45. The van der Waals surface area contributed by atoms with E-state index in [0.717, 1.165) is 29.6 Å². The third-order valence-electron chi connectivity index (χ3n) is 4.29. The maximum atomic E-state index is 6.04. The predicted molar refractivity (Wildman–Crippen MR) is 76.7 cm³/mol. The van der Waals surface area contributed by atoms with Crippen LogP contribution >= 0.6 is 0 Å². The van der Waals surface area contributed by atoms with Crippen LogP contribution in [0.4, 0.5) is 0 Å². The Morgan fingerprint density at radius 3 is 2.84 bits per heavy atom. The Labute approximate surface area is 114 Å². The van der Waals surface area contributed by atoms with Gasteiger partial charge in [0, 0.05) is 11.9 Å². The van der Waals surface area contributed by atoms with Crippen LogP contribution < -0.4 is 4.74 Å². The summed E-state index contributed by atoms with van der Waals surface area (Å²) in [4.78, 5) is 4.61. The molecule has 102 valence electrons. The second-order valence-electron chi connectivity index (χ2n) is 5.66. The first kappa shape index (κ1) is 12.5. The van der Waals surface area contributed by atoms with Crippen LogP contribution in [-0.4, -0.2) is 16.0 Å². The highest BCUT2D eigenvalue weighted by molar-refractivity contribution is 5.55. The molecule has 3 rings (SSSR count). The van der Waals surface area contributed by atoms with Crippen LogP contribution in [-0.2, 0) is 0 Å². The van der Waals surface area contributed by atoms with E-state index in [4.69, 9.17) is 4.74 Å². The van der Waals surface area contributed by atoms with Gasteiger partial charge >= 0.3 is 0 Å². The normalized spacial score (nSPS) is 16.9. The Balaban J connectivity index is 1.78. The third kappa shape index (κ3) is 2.46. The van der Waals surface area contributed by atoms with Crippen molar-refractivity contribution in [2.24, 2.45) is 5.92 Å². The van der Waals surface area contributed by atoms with Crippen LogP contribution in [0, 0.1) is 19.8 Å². The molecular weight excluding hydrogens is 236 g/mol. The Bertz CT molecular complexity index is 567. The lowest BCUT2D eigenvalue weighted by molar-refractivity contribution is 0.210. The van der Waals surface area contributed by atoms with Crippen molar-refractivity contribution in [1.29, 1.82) is 0 Å². The van der Waals surface area contributed by atoms with E-state index in [9.17, 15) is 0 Å². The van der Waals surface area contributed by atoms with Gasteiger partial charge in [-0.3, -0.25) is 0 Å². The smallest absolute Gasteiger partial charge is 0.180 e. The first-order valence-corrected chi connectivity index (χ1v) is 7.33. The minimum Gasteiger partial charge on any atom is -0.489 e. The molecule has 1 saturated carbocycles. The van der Waals surface area contributed by atoms with Crippen LogP contribution in [0.15, 0.2) is 18.3 Å². The number of hydrogen-bond acceptors (Lipinski definition) is 2. The fraction of sp³-hybridized carbons (Fsp3) is 0.562. The zero-order valence-corrected chi connectivity index (χ0v) is 11.9. The van der Waals surface area contributed by atoms with Gasteiger partial charge in [-0.05, 0) is 44.7 Å². The van der Waals surface area contributed by atoms with Crippen LogP contribution in [0.1, 0.15) is 43.5 Å². The number of nitrogens with zero attached hydrogens (tertiary/aromatic N) is 2. The van der Waals surface area contributed by atoms with E-state index in [1.54, 1.807) is 0 Å². The van der Waals surface area contributed by atoms with Crippen molar-refractivity contribution in [3.05, 3.63) is 29.7 Å². The zero-order chi connectivity index (χ0) is 13.2. The molecule has 0 N–H and O–H groups in total. The number of imidazole rings is 1. The van der Waals surface area contributed by atoms with Gasteiger partial charge in [0.25, 0.3) is 0 Å². The second-order valence-corrected chi connectivity index (χ2v) is 5.66. The average molecular weight is 258 g/mol. The van der Waals surface area contributed by atoms with E-state index in [2.05, 4.69) is 22.5 Å². The van der Waals surface area contributed by atoms with Gasteiger partial charge in [-0.25, -0.2) is 4.98 Å². The topological polar surface area (TPSA) is 26.5 Å². The van der Waals surface area contributed by atoms with Crippen LogP contribution in [0.5, 0.6) is 5.75 Å². The summed E-state index contributed by atoms with van der Waals surface area (Å²) in [6.07, 6.45) is 8.80. The van der Waals surface area contributed by atoms with E-state index in [1.807, 2.05) is 19.1 Å². The Morgan fingerprint density at radius 2 is 2.05 bits per heavy atom. The van der Waals surface area contributed by atoms with E-state index in [1.165, 1.54) is 37.8 Å². The molecule has 0 spiro atoms. The molecule has 3 nitrogen and oxygen atoms in total. The molecule has 1 aliphatic carbocycles. The summed E-state index contributed by atoms with van der Waals surface area (Å²) in [5.74, 6) is 1.65. The number of ether oxygens (including phenoxy) is 1. The SMILES string of the molecule is Cc1nc2c(OCC3CCCCC3)cccn2c1C. The number of fused-ring (bicyclic) bond motifs is 1. The Hall–Kier alpha value is -1.51. The summed E-state index contributed by atoms with van der Waals surface area (Å²) < 4.78 is 8.16. The van der Waals surface area contributed by atoms with Crippen molar-refractivity contribution in [3.63, 3.8) is 0 Å². The van der Waals surface area contributed by atoms with Crippen molar-refractivity contribution in [3.8, 4) is 5.75 Å². The lowest BCUT2D eigenvalue weighted by Crippen LogP contribution is -2.15. The first-order chi connectivity index (χ1) is 9.25. The van der Waals surface area contributed by atoms with Crippen LogP contribution in [0.3, 0.4) is 0 Å². The monoisotopic (exact) mass is 258 g/mol. The molecule has 0 unspecified atom stereocenters. The summed E-state index contributed by atoms with van der Waals surface area (Å²) in [5.41, 5.74) is 3.22. The highest BCUT2D eigenvalue weighted by atomic mass is 16.5. The Morgan fingerprint density at radius 1 is 1.26 bits per heavy atom. The van der Waals surface area contributed by atoms with Gasteiger partial charge in [0.1, 0.15) is 0 Å². The molecule has 1 aliphatic rings. The molecule has 2 aromatic rings. The summed E-state index contributed by atoms with van der Waals surface area (Å²) in [6, 6.07) is 4.07. The van der Waals surface area contributed by atoms with Crippen molar-refractivity contribution in [1.82, 2.24) is 9.38 Å². The highest BCUT2D eigenvalue weighted by Gasteiger charge is 2.15. The molecule has 0 aliphatic heterocycles. The molecule has 0 bridgehead atoms. The van der Waals surface area contributed by atoms with Gasteiger partial charge in [-0.15, -0.1) is 0 Å². The van der Waals surface area contributed by atoms with Crippen LogP contribution in [0.25, 0.3) is 5.65 Å². The minimum atomic E-state index is 0.728. The molecule has 0 radical (unpaired) electrons. The maximum absolute atomic E-state index is 6.04. The van der Waals surface area contributed by atoms with Crippen molar-refractivity contribution < 1.29 is 4.74 Å². The summed E-state index contributed by atoms with van der Waals surface area (Å²) in [5, 5.41) is 0. The number of aromatic nitrogens is 2. The van der Waals surface area contributed by atoms with Crippen molar-refractivity contribution in [2.75, 3.05) is 6.61 Å². The molecule has 3 heteroatoms. The highest BCUT2D eigenvalue weighted by Crippen LogP contribution is 2.26. The van der Waals surface area contributed by atoms with Gasteiger partial charge in [0.15, 0.2) is 11.4 Å². The summed E-state index contributed by atoms with van der Waals surface area (Å²) in [7, 11) is 0. The quantitative estimate of drug-likeness (QED) is 0.834. The van der Waals surface area contributed by atoms with Crippen molar-refractivity contribution >= 4 is 5.65 Å². The minimum absolute atomic E-state index is 0.728. The van der Waals surface area contributed by atoms with E-state index < -0.39 is 0 Å². The predicted octanol–water partition coefficient (Wildman–Crippen LogP) is 3.91. The second kappa shape index (κ2) is 5.24. The lowest BCUT2D eigenvalue weighted by Gasteiger charge is -2.21. The van der Waals surface area contributed by atoms with E-state index in [-0.39, 0.29) is 0 Å². The molecule has 19 heavy (non-hydrogen) atoms. The lowest BCUT2D eigenvalue weighted by atomic mass is 9.90. The van der Waals surface area contributed by atoms with E-state index in [0.29, 0.717) is 0 Å². The van der Waals surface area contributed by atoms with Gasteiger partial charge in [-0.2, -0.15) is 0 Å². The molecule has 2 aromatic heterocycles. The molecule has 2 heterocycles. The first-order valence-electron chi connectivity index (χ1n) is 7.33. The number of aryl methyl sites for hydroxylation is 2. The molecule has 1 fully saturated rings. The number of hydrogen-bond donors (Lipinski definition) is 0. The van der Waals surface area contributed by atoms with Crippen LogP contribution in [0.2, 0.25) is 0 Å². The van der Waals surface area contributed by atoms with Gasteiger partial charge in [0.05, 0.1) is 12.3 Å². The molecule has 0 atom stereocenters. The number of rotatable bonds is 3. The average Bonchev–Trinajstić information content (AvgIpc) is 2.74. The van der Waals surface area contributed by atoms with Gasteiger partial charge in [0.2, 0.25) is 0 Å². The van der Waals surface area contributed by atoms with Gasteiger partial charge in [-0.1, -0.05) is 19.3 Å². The maximum Gasteiger partial charge on any atom is 0.180 e. The molecule has 0 aromatic carbocycles. The summed E-state index contributed by atoms with van der Waals surface area (Å²) >= 11 is 0. The largest absolute Gasteiger partial charge is 0.489 e. The molecular formula is C16H22N2O.